The number of benzene rings is 1. The zero-order chi connectivity index (χ0) is 13.0. The largest absolute Gasteiger partial charge is 0.381 e. The highest BCUT2D eigenvalue weighted by Crippen LogP contribution is 2.25. The van der Waals surface area contributed by atoms with Crippen molar-refractivity contribution in [1.82, 2.24) is 4.98 Å². The quantitative estimate of drug-likeness (QED) is 0.835. The number of fused-ring (bicyclic) bond motifs is 1. The Morgan fingerprint density at radius 3 is 3.00 bits per heavy atom. The van der Waals surface area contributed by atoms with Crippen LogP contribution < -0.4 is 5.32 Å². The number of nitrogens with zero attached hydrogens (tertiary/aromatic N) is 1. The molecule has 1 heterocycles. The summed E-state index contributed by atoms with van der Waals surface area (Å²) >= 11 is 5.97. The van der Waals surface area contributed by atoms with E-state index in [1.165, 1.54) is 0 Å². The zero-order valence-electron chi connectivity index (χ0n) is 10.3. The number of nitrogens with one attached hydrogen (secondary N) is 1. The molecule has 0 saturated carbocycles. The lowest BCUT2D eigenvalue weighted by Crippen LogP contribution is -2.17. The van der Waals surface area contributed by atoms with E-state index in [0.29, 0.717) is 11.4 Å². The van der Waals surface area contributed by atoms with Crippen LogP contribution in [0.1, 0.15) is 19.8 Å². The van der Waals surface area contributed by atoms with Crippen molar-refractivity contribution in [3.8, 4) is 12.3 Å². The molecule has 1 aromatic heterocycles. The van der Waals surface area contributed by atoms with Crippen molar-refractivity contribution in [2.75, 3.05) is 5.32 Å². The van der Waals surface area contributed by atoms with Gasteiger partial charge in [0.25, 0.3) is 0 Å². The summed E-state index contributed by atoms with van der Waals surface area (Å²) < 4.78 is 0. The third-order valence-corrected chi connectivity index (χ3v) is 3.16. The first-order chi connectivity index (χ1) is 8.74. The molecule has 0 radical (unpaired) electrons. The van der Waals surface area contributed by atoms with Crippen molar-refractivity contribution >= 4 is 28.2 Å². The summed E-state index contributed by atoms with van der Waals surface area (Å²) in [6.45, 7) is 2.12. The Hall–Kier alpha value is -1.72. The Labute approximate surface area is 112 Å². The van der Waals surface area contributed by atoms with Gasteiger partial charge in [-0.25, -0.2) is 0 Å². The van der Waals surface area contributed by atoms with E-state index in [-0.39, 0.29) is 6.04 Å². The van der Waals surface area contributed by atoms with E-state index < -0.39 is 0 Å². The molecule has 0 aliphatic rings. The molecule has 1 atom stereocenters. The van der Waals surface area contributed by atoms with Crippen LogP contribution in [-0.2, 0) is 0 Å². The number of pyridine rings is 1. The van der Waals surface area contributed by atoms with E-state index in [9.17, 15) is 0 Å². The van der Waals surface area contributed by atoms with Gasteiger partial charge < -0.3 is 5.32 Å². The van der Waals surface area contributed by atoms with Gasteiger partial charge in [-0.1, -0.05) is 18.5 Å². The van der Waals surface area contributed by atoms with Gasteiger partial charge >= 0.3 is 0 Å². The molecule has 0 fully saturated rings. The monoisotopic (exact) mass is 258 g/mol. The summed E-state index contributed by atoms with van der Waals surface area (Å²) in [4.78, 5) is 4.32. The molecule has 2 aromatic rings. The molecule has 0 bridgehead atoms. The summed E-state index contributed by atoms with van der Waals surface area (Å²) in [6, 6.07) is 7.98. The Balaban J connectivity index is 2.36. The van der Waals surface area contributed by atoms with Gasteiger partial charge in [0.05, 0.1) is 5.52 Å². The van der Waals surface area contributed by atoms with Gasteiger partial charge in [-0.05, 0) is 30.7 Å². The summed E-state index contributed by atoms with van der Waals surface area (Å²) in [5, 5.41) is 5.23. The molecule has 2 rings (SSSR count). The summed E-state index contributed by atoms with van der Waals surface area (Å²) in [7, 11) is 0. The van der Waals surface area contributed by atoms with Crippen LogP contribution in [0, 0.1) is 12.3 Å². The van der Waals surface area contributed by atoms with Crippen LogP contribution in [-0.4, -0.2) is 11.0 Å². The Bertz CT molecular complexity index is 587. The maximum absolute atomic E-state index is 5.97. The fourth-order valence-electron chi connectivity index (χ4n) is 1.91. The number of aromatic nitrogens is 1. The van der Waals surface area contributed by atoms with Crippen LogP contribution in [0.3, 0.4) is 0 Å². The van der Waals surface area contributed by atoms with Crippen molar-refractivity contribution < 1.29 is 0 Å². The number of rotatable bonds is 4. The first-order valence-electron chi connectivity index (χ1n) is 5.99. The van der Waals surface area contributed by atoms with Crippen LogP contribution in [0.25, 0.3) is 10.9 Å². The van der Waals surface area contributed by atoms with E-state index in [2.05, 4.69) is 23.1 Å². The van der Waals surface area contributed by atoms with Crippen LogP contribution >= 0.6 is 11.6 Å². The average Bonchev–Trinajstić information content (AvgIpc) is 2.38. The molecule has 0 amide bonds. The first kappa shape index (κ1) is 12.7. The van der Waals surface area contributed by atoms with Gasteiger partial charge in [0.15, 0.2) is 0 Å². The second-order valence-corrected chi connectivity index (χ2v) is 4.61. The van der Waals surface area contributed by atoms with E-state index in [1.807, 2.05) is 24.3 Å². The highest BCUT2D eigenvalue weighted by molar-refractivity contribution is 6.31. The lowest BCUT2D eigenvalue weighted by molar-refractivity contribution is 0.716. The van der Waals surface area contributed by atoms with Crippen molar-refractivity contribution in [1.29, 1.82) is 0 Å². The molecule has 18 heavy (non-hydrogen) atoms. The molecule has 0 aliphatic heterocycles. The third-order valence-electron chi connectivity index (χ3n) is 2.92. The standard InChI is InChI=1S/C15H15ClN2/c1-3-5-12(4-2)18-14-8-9-17-15-10-11(16)6-7-13(14)15/h1,6-10,12H,4-5H2,2H3,(H,17,18). The third kappa shape index (κ3) is 2.75. The molecule has 92 valence electrons. The van der Waals surface area contributed by atoms with Gasteiger partial charge in [0.2, 0.25) is 0 Å². The van der Waals surface area contributed by atoms with Crippen LogP contribution in [0.15, 0.2) is 30.5 Å². The Morgan fingerprint density at radius 1 is 1.44 bits per heavy atom. The fraction of sp³-hybridized carbons (Fsp3) is 0.267. The first-order valence-corrected chi connectivity index (χ1v) is 6.36. The van der Waals surface area contributed by atoms with Crippen molar-refractivity contribution in [3.05, 3.63) is 35.5 Å². The van der Waals surface area contributed by atoms with Crippen LogP contribution in [0.5, 0.6) is 0 Å². The number of halogens is 1. The van der Waals surface area contributed by atoms with Crippen molar-refractivity contribution in [2.24, 2.45) is 0 Å². The maximum atomic E-state index is 5.97. The van der Waals surface area contributed by atoms with Gasteiger partial charge in [0, 0.05) is 34.8 Å². The lowest BCUT2D eigenvalue weighted by Gasteiger charge is -2.17. The molecule has 0 aliphatic carbocycles. The molecule has 1 N–H and O–H groups in total. The molecule has 3 heteroatoms. The predicted molar refractivity (Wildman–Crippen MR) is 77.9 cm³/mol. The minimum Gasteiger partial charge on any atom is -0.381 e. The number of anilines is 1. The molecular weight excluding hydrogens is 244 g/mol. The number of hydrogen-bond acceptors (Lipinski definition) is 2. The zero-order valence-corrected chi connectivity index (χ0v) is 11.0. The number of hydrogen-bond donors (Lipinski definition) is 1. The van der Waals surface area contributed by atoms with E-state index in [1.54, 1.807) is 6.20 Å². The average molecular weight is 259 g/mol. The van der Waals surface area contributed by atoms with Gasteiger partial charge in [0.1, 0.15) is 0 Å². The minimum absolute atomic E-state index is 0.288. The fourth-order valence-corrected chi connectivity index (χ4v) is 2.07. The normalized spacial score (nSPS) is 12.1. The topological polar surface area (TPSA) is 24.9 Å². The summed E-state index contributed by atoms with van der Waals surface area (Å²) in [6.07, 6.45) is 8.86. The lowest BCUT2D eigenvalue weighted by atomic mass is 10.1. The molecule has 1 unspecified atom stereocenters. The van der Waals surface area contributed by atoms with Gasteiger partial charge in [-0.3, -0.25) is 4.98 Å². The van der Waals surface area contributed by atoms with Crippen molar-refractivity contribution in [2.45, 2.75) is 25.8 Å². The summed E-state index contributed by atoms with van der Waals surface area (Å²) in [5.74, 6) is 2.70. The van der Waals surface area contributed by atoms with Gasteiger partial charge in [-0.2, -0.15) is 0 Å². The van der Waals surface area contributed by atoms with E-state index in [0.717, 1.165) is 23.0 Å². The van der Waals surface area contributed by atoms with Crippen LogP contribution in [0.4, 0.5) is 5.69 Å². The Morgan fingerprint density at radius 2 is 2.28 bits per heavy atom. The van der Waals surface area contributed by atoms with E-state index >= 15 is 0 Å². The second kappa shape index (κ2) is 5.75. The molecule has 1 aromatic carbocycles. The Kier molecular flexibility index (Phi) is 4.07. The van der Waals surface area contributed by atoms with Gasteiger partial charge in [-0.15, -0.1) is 12.3 Å². The highest BCUT2D eigenvalue weighted by Gasteiger charge is 2.07. The van der Waals surface area contributed by atoms with Crippen LogP contribution in [0.2, 0.25) is 5.02 Å². The second-order valence-electron chi connectivity index (χ2n) is 4.18. The number of terminal acetylenes is 1. The SMILES string of the molecule is C#CCC(CC)Nc1ccnc2cc(Cl)ccc12. The van der Waals surface area contributed by atoms with Crippen molar-refractivity contribution in [3.63, 3.8) is 0 Å². The molecular formula is C15H15ClN2. The summed E-state index contributed by atoms with van der Waals surface area (Å²) in [5.41, 5.74) is 1.95. The minimum atomic E-state index is 0.288. The maximum Gasteiger partial charge on any atom is 0.0737 e. The highest BCUT2D eigenvalue weighted by atomic mass is 35.5. The molecule has 2 nitrogen and oxygen atoms in total. The molecule has 0 spiro atoms. The predicted octanol–water partition coefficient (Wildman–Crippen LogP) is 4.10. The smallest absolute Gasteiger partial charge is 0.0737 e. The van der Waals surface area contributed by atoms with E-state index in [4.69, 9.17) is 18.0 Å². The molecule has 0 saturated heterocycles.